The Morgan fingerprint density at radius 1 is 0.500 bits per heavy atom. The highest BCUT2D eigenvalue weighted by Gasteiger charge is 2.36. The van der Waals surface area contributed by atoms with E-state index < -0.39 is 12.2 Å². The molecule has 2 atom stereocenters. The van der Waals surface area contributed by atoms with Crippen molar-refractivity contribution in [2.45, 2.75) is 113 Å². The molecule has 10 heteroatoms. The number of benzene rings is 2. The standard InChI is InChI=1S/2C26H31N3O2/c2*1-28(2)26(31)21-11-5-18(6-12-21)17-3-9-20(10-4-17)25(30)24-23(19-7-8-19)14-13-22-15-27-16-29(22)24/h2*5-6,11-17,19-20,25,30H,3-4,7-10H2,1-2H3/t2*17?,20?,25-/m10/s1. The second-order valence-electron chi connectivity index (χ2n) is 19.0. The molecule has 6 aromatic rings. The molecule has 2 aromatic carbocycles. The minimum absolute atomic E-state index is 0.0403. The predicted molar refractivity (Wildman–Crippen MR) is 243 cm³/mol. The molecule has 0 aliphatic heterocycles. The molecule has 0 saturated heterocycles. The second-order valence-corrected chi connectivity index (χ2v) is 19.0. The van der Waals surface area contributed by atoms with E-state index in [4.69, 9.17) is 0 Å². The van der Waals surface area contributed by atoms with Crippen LogP contribution in [0.15, 0.2) is 97.8 Å². The lowest BCUT2D eigenvalue weighted by molar-refractivity contribution is 0.0753. The van der Waals surface area contributed by atoms with Gasteiger partial charge < -0.3 is 28.8 Å². The number of nitrogens with zero attached hydrogens (tertiary/aromatic N) is 6. The number of carbonyl (C=O) groups excluding carboxylic acids is 2. The smallest absolute Gasteiger partial charge is 0.253 e. The summed E-state index contributed by atoms with van der Waals surface area (Å²) >= 11 is 0. The molecule has 324 valence electrons. The molecular weight excluding hydrogens is 773 g/mol. The zero-order valence-electron chi connectivity index (χ0n) is 36.7. The number of aliphatic hydroxyl groups is 2. The third kappa shape index (κ3) is 8.69. The van der Waals surface area contributed by atoms with E-state index in [1.807, 2.05) is 49.3 Å². The zero-order chi connectivity index (χ0) is 43.1. The minimum atomic E-state index is -0.450. The van der Waals surface area contributed by atoms with E-state index in [9.17, 15) is 19.8 Å². The van der Waals surface area contributed by atoms with Crippen LogP contribution in [0.25, 0.3) is 11.0 Å². The molecule has 4 saturated carbocycles. The lowest BCUT2D eigenvalue weighted by Crippen LogP contribution is -2.23. The number of amides is 2. The van der Waals surface area contributed by atoms with E-state index >= 15 is 0 Å². The first-order chi connectivity index (χ1) is 30.0. The lowest BCUT2D eigenvalue weighted by atomic mass is 9.75. The first-order valence-corrected chi connectivity index (χ1v) is 22.9. The van der Waals surface area contributed by atoms with Gasteiger partial charge in [0.2, 0.25) is 0 Å². The Bertz CT molecular complexity index is 2320. The molecule has 0 bridgehead atoms. The monoisotopic (exact) mass is 834 g/mol. The van der Waals surface area contributed by atoms with Gasteiger partial charge in [0.1, 0.15) is 0 Å². The van der Waals surface area contributed by atoms with E-state index in [1.54, 1.807) is 38.0 Å². The maximum atomic E-state index is 12.1. The quantitative estimate of drug-likeness (QED) is 0.142. The summed E-state index contributed by atoms with van der Waals surface area (Å²) in [5.74, 6) is 2.81. The molecule has 4 aliphatic rings. The lowest BCUT2D eigenvalue weighted by Gasteiger charge is -2.33. The van der Waals surface area contributed by atoms with Crippen LogP contribution in [-0.4, -0.2) is 78.8 Å². The van der Waals surface area contributed by atoms with Gasteiger partial charge in [-0.15, -0.1) is 0 Å². The van der Waals surface area contributed by atoms with Gasteiger partial charge in [-0.1, -0.05) is 36.4 Å². The van der Waals surface area contributed by atoms with Crippen LogP contribution in [-0.2, 0) is 0 Å². The molecule has 0 radical (unpaired) electrons. The summed E-state index contributed by atoms with van der Waals surface area (Å²) in [4.78, 5) is 36.1. The van der Waals surface area contributed by atoms with Crippen molar-refractivity contribution in [1.82, 2.24) is 28.6 Å². The van der Waals surface area contributed by atoms with E-state index in [1.165, 1.54) is 47.9 Å². The highest BCUT2D eigenvalue weighted by atomic mass is 16.3. The average molecular weight is 835 g/mol. The second kappa shape index (κ2) is 17.8. The van der Waals surface area contributed by atoms with Gasteiger partial charge in [0.15, 0.2) is 0 Å². The highest BCUT2D eigenvalue weighted by molar-refractivity contribution is 5.94. The number of pyridine rings is 2. The van der Waals surface area contributed by atoms with Crippen LogP contribution in [0, 0.1) is 11.8 Å². The van der Waals surface area contributed by atoms with Crippen LogP contribution in [0.4, 0.5) is 0 Å². The number of hydrogen-bond acceptors (Lipinski definition) is 6. The Hall–Kier alpha value is -5.32. The van der Waals surface area contributed by atoms with Gasteiger partial charge >= 0.3 is 0 Å². The third-order valence-electron chi connectivity index (χ3n) is 14.4. The average Bonchev–Trinajstić information content (AvgIpc) is 4.24. The first kappa shape index (κ1) is 42.0. The molecule has 10 rings (SSSR count). The summed E-state index contributed by atoms with van der Waals surface area (Å²) in [5.41, 5.74) is 10.9. The Kier molecular flexibility index (Phi) is 12.1. The maximum absolute atomic E-state index is 12.1. The summed E-state index contributed by atoms with van der Waals surface area (Å²) < 4.78 is 4.20. The third-order valence-corrected chi connectivity index (χ3v) is 14.4. The van der Waals surface area contributed by atoms with Crippen molar-refractivity contribution in [2.24, 2.45) is 11.8 Å². The molecule has 2 amide bonds. The summed E-state index contributed by atoms with van der Waals surface area (Å²) in [6.07, 6.45) is 19.8. The van der Waals surface area contributed by atoms with Crippen LogP contribution in [0.2, 0.25) is 0 Å². The molecule has 4 aliphatic carbocycles. The van der Waals surface area contributed by atoms with E-state index in [0.717, 1.165) is 84.9 Å². The Balaban J connectivity index is 0.000000158. The maximum Gasteiger partial charge on any atom is 0.253 e. The van der Waals surface area contributed by atoms with Gasteiger partial charge in [0.05, 0.1) is 59.7 Å². The predicted octanol–water partition coefficient (Wildman–Crippen LogP) is 9.84. The van der Waals surface area contributed by atoms with Gasteiger partial charge in [-0.2, -0.15) is 0 Å². The number of fused-ring (bicyclic) bond motifs is 2. The van der Waals surface area contributed by atoms with Crippen LogP contribution >= 0.6 is 0 Å². The van der Waals surface area contributed by atoms with Crippen molar-refractivity contribution in [1.29, 1.82) is 0 Å². The fourth-order valence-corrected chi connectivity index (χ4v) is 10.5. The largest absolute Gasteiger partial charge is 0.387 e. The van der Waals surface area contributed by atoms with E-state index in [2.05, 4.69) is 67.3 Å². The summed E-state index contributed by atoms with van der Waals surface area (Å²) in [7, 11) is 7.12. The Labute approximate surface area is 365 Å². The molecule has 62 heavy (non-hydrogen) atoms. The van der Waals surface area contributed by atoms with Gasteiger partial charge in [0.25, 0.3) is 11.8 Å². The van der Waals surface area contributed by atoms with Gasteiger partial charge in [0, 0.05) is 39.3 Å². The highest BCUT2D eigenvalue weighted by Crippen LogP contribution is 2.49. The molecule has 0 unspecified atom stereocenters. The number of hydrogen-bond donors (Lipinski definition) is 2. The molecule has 2 N–H and O–H groups in total. The normalized spacial score (nSPS) is 22.4. The molecule has 10 nitrogen and oxygen atoms in total. The van der Waals surface area contributed by atoms with Crippen LogP contribution < -0.4 is 0 Å². The van der Waals surface area contributed by atoms with E-state index in [-0.39, 0.29) is 23.7 Å². The van der Waals surface area contributed by atoms with Crippen molar-refractivity contribution in [3.8, 4) is 0 Å². The molecule has 4 heterocycles. The number of aromatic nitrogens is 4. The summed E-state index contributed by atoms with van der Waals surface area (Å²) in [6, 6.07) is 24.9. The number of imidazole rings is 2. The van der Waals surface area contributed by atoms with Gasteiger partial charge in [-0.05, 0) is 171 Å². The topological polar surface area (TPSA) is 116 Å². The minimum Gasteiger partial charge on any atom is -0.387 e. The number of aliphatic hydroxyl groups excluding tert-OH is 2. The molecule has 4 fully saturated rings. The fourth-order valence-electron chi connectivity index (χ4n) is 10.5. The zero-order valence-corrected chi connectivity index (χ0v) is 36.7. The van der Waals surface area contributed by atoms with Gasteiger partial charge in [-0.25, -0.2) is 9.97 Å². The summed E-state index contributed by atoms with van der Waals surface area (Å²) in [6.45, 7) is 0. The molecule has 4 aromatic heterocycles. The summed E-state index contributed by atoms with van der Waals surface area (Å²) in [5, 5.41) is 22.9. The number of rotatable bonds is 10. The SMILES string of the molecule is CN(C)C(=O)c1ccc(C2CCC([C@@H](O)c3c(C4CC4)ccc4cncn34)CC2)cc1.CN(C)C(=O)c1ccc(C2CCC([C@H](O)c3c(C4CC4)ccc4cncn34)CC2)cc1. The fraction of sp³-hybridized carbons (Fsp3) is 0.462. The Morgan fingerprint density at radius 3 is 1.16 bits per heavy atom. The molecular formula is C52H62N6O4. The van der Waals surface area contributed by atoms with Crippen molar-refractivity contribution < 1.29 is 19.8 Å². The van der Waals surface area contributed by atoms with Crippen molar-refractivity contribution in [3.05, 3.63) is 143 Å². The van der Waals surface area contributed by atoms with Crippen LogP contribution in [0.3, 0.4) is 0 Å². The van der Waals surface area contributed by atoms with Crippen molar-refractivity contribution in [3.63, 3.8) is 0 Å². The van der Waals surface area contributed by atoms with Gasteiger partial charge in [-0.3, -0.25) is 9.59 Å². The Morgan fingerprint density at radius 2 is 0.839 bits per heavy atom. The van der Waals surface area contributed by atoms with Crippen LogP contribution in [0.1, 0.15) is 167 Å². The van der Waals surface area contributed by atoms with E-state index in [0.29, 0.717) is 23.7 Å². The van der Waals surface area contributed by atoms with Crippen molar-refractivity contribution >= 4 is 22.8 Å². The first-order valence-electron chi connectivity index (χ1n) is 22.9. The van der Waals surface area contributed by atoms with Crippen LogP contribution in [0.5, 0.6) is 0 Å². The molecule has 0 spiro atoms. The van der Waals surface area contributed by atoms with Crippen molar-refractivity contribution in [2.75, 3.05) is 28.2 Å². The number of carbonyl (C=O) groups is 2.